The van der Waals surface area contributed by atoms with E-state index < -0.39 is 25.2 Å². The molecule has 0 unspecified atom stereocenters. The summed E-state index contributed by atoms with van der Waals surface area (Å²) in [5.74, 6) is -0.398. The van der Waals surface area contributed by atoms with E-state index >= 15 is 0 Å². The second kappa shape index (κ2) is 4.77. The SMILES string of the molecule is COC(=O)[C@H]1C[C@@H](O)CCN1B(C)O. The van der Waals surface area contributed by atoms with Gasteiger partial charge in [0, 0.05) is 0 Å². The van der Waals surface area contributed by atoms with E-state index in [0.29, 0.717) is 19.4 Å². The molecule has 14 heavy (non-hydrogen) atoms. The highest BCUT2D eigenvalue weighted by Gasteiger charge is 2.36. The molecule has 0 aliphatic carbocycles. The van der Waals surface area contributed by atoms with Crippen molar-refractivity contribution in [3.05, 3.63) is 0 Å². The van der Waals surface area contributed by atoms with Crippen LogP contribution in [0, 0.1) is 0 Å². The smallest absolute Gasteiger partial charge is 0.377 e. The van der Waals surface area contributed by atoms with E-state index in [0.717, 1.165) is 0 Å². The third-order valence-electron chi connectivity index (χ3n) is 2.57. The van der Waals surface area contributed by atoms with Crippen LogP contribution in [0.1, 0.15) is 12.8 Å². The Morgan fingerprint density at radius 1 is 1.64 bits per heavy atom. The molecule has 1 aliphatic heterocycles. The second-order valence-corrected chi connectivity index (χ2v) is 3.59. The van der Waals surface area contributed by atoms with Crippen LogP contribution in [0.25, 0.3) is 0 Å². The first kappa shape index (κ1) is 11.5. The molecule has 0 saturated carbocycles. The zero-order valence-corrected chi connectivity index (χ0v) is 8.51. The topological polar surface area (TPSA) is 70.0 Å². The van der Waals surface area contributed by atoms with Crippen LogP contribution in [0.2, 0.25) is 6.82 Å². The molecular weight excluding hydrogens is 185 g/mol. The minimum Gasteiger partial charge on any atom is -0.468 e. The van der Waals surface area contributed by atoms with E-state index in [1.807, 2.05) is 0 Å². The van der Waals surface area contributed by atoms with Crippen molar-refractivity contribution in [2.75, 3.05) is 13.7 Å². The predicted molar refractivity (Wildman–Crippen MR) is 51.6 cm³/mol. The summed E-state index contributed by atoms with van der Waals surface area (Å²) < 4.78 is 4.62. The van der Waals surface area contributed by atoms with Gasteiger partial charge in [-0.05, 0) is 26.2 Å². The zero-order valence-electron chi connectivity index (χ0n) is 8.51. The largest absolute Gasteiger partial charge is 0.468 e. The normalized spacial score (nSPS) is 28.6. The molecule has 1 heterocycles. The van der Waals surface area contributed by atoms with Gasteiger partial charge in [0.2, 0.25) is 0 Å². The van der Waals surface area contributed by atoms with Crippen molar-refractivity contribution in [2.24, 2.45) is 0 Å². The number of methoxy groups -OCH3 is 1. The van der Waals surface area contributed by atoms with E-state index in [2.05, 4.69) is 4.74 Å². The molecule has 2 atom stereocenters. The molecule has 0 aromatic heterocycles. The fraction of sp³-hybridized carbons (Fsp3) is 0.875. The summed E-state index contributed by atoms with van der Waals surface area (Å²) in [6, 6.07) is -0.524. The van der Waals surface area contributed by atoms with Gasteiger partial charge in [-0.15, -0.1) is 0 Å². The Morgan fingerprint density at radius 2 is 2.29 bits per heavy atom. The number of piperidine rings is 1. The van der Waals surface area contributed by atoms with Gasteiger partial charge in [-0.2, -0.15) is 0 Å². The van der Waals surface area contributed by atoms with Crippen molar-refractivity contribution in [2.45, 2.75) is 31.8 Å². The summed E-state index contributed by atoms with van der Waals surface area (Å²) >= 11 is 0. The van der Waals surface area contributed by atoms with E-state index in [1.54, 1.807) is 11.6 Å². The van der Waals surface area contributed by atoms with Crippen LogP contribution in [-0.2, 0) is 9.53 Å². The van der Waals surface area contributed by atoms with Crippen LogP contribution >= 0.6 is 0 Å². The Bertz CT molecular complexity index is 212. The molecule has 1 saturated heterocycles. The van der Waals surface area contributed by atoms with Gasteiger partial charge in [0.1, 0.15) is 6.04 Å². The lowest BCUT2D eigenvalue weighted by atomic mass is 9.79. The monoisotopic (exact) mass is 201 g/mol. The first-order valence-electron chi connectivity index (χ1n) is 4.76. The molecule has 1 aliphatic rings. The summed E-state index contributed by atoms with van der Waals surface area (Å²) in [6.45, 7) is 2.12. The van der Waals surface area contributed by atoms with Crippen LogP contribution in [0.15, 0.2) is 0 Å². The number of hydrogen-bond acceptors (Lipinski definition) is 5. The molecule has 5 nitrogen and oxygen atoms in total. The Kier molecular flexibility index (Phi) is 3.91. The average Bonchev–Trinajstić information content (AvgIpc) is 2.16. The molecule has 0 spiro atoms. The van der Waals surface area contributed by atoms with Crippen LogP contribution in [0.4, 0.5) is 0 Å². The van der Waals surface area contributed by atoms with Gasteiger partial charge in [-0.25, -0.2) is 0 Å². The van der Waals surface area contributed by atoms with Gasteiger partial charge in [0.15, 0.2) is 0 Å². The van der Waals surface area contributed by atoms with Crippen molar-refractivity contribution in [3.8, 4) is 0 Å². The highest BCUT2D eigenvalue weighted by Crippen LogP contribution is 2.19. The Hall–Kier alpha value is -0.585. The number of carbonyl (C=O) groups is 1. The molecule has 1 fully saturated rings. The standard InChI is InChI=1S/C8H16BNO4/c1-9(13)10-4-3-6(11)5-7(10)8(12)14-2/h6-7,11,13H,3-5H2,1-2H3/t6-,7+/m0/s1. The van der Waals surface area contributed by atoms with Gasteiger partial charge < -0.3 is 19.7 Å². The molecule has 0 aromatic rings. The van der Waals surface area contributed by atoms with E-state index in [-0.39, 0.29) is 0 Å². The van der Waals surface area contributed by atoms with Gasteiger partial charge in [-0.1, -0.05) is 0 Å². The maximum Gasteiger partial charge on any atom is 0.377 e. The van der Waals surface area contributed by atoms with Crippen molar-refractivity contribution < 1.29 is 19.7 Å². The first-order chi connectivity index (χ1) is 6.56. The van der Waals surface area contributed by atoms with Gasteiger partial charge in [0.25, 0.3) is 0 Å². The second-order valence-electron chi connectivity index (χ2n) is 3.59. The third kappa shape index (κ3) is 2.46. The van der Waals surface area contributed by atoms with Crippen LogP contribution < -0.4 is 0 Å². The van der Waals surface area contributed by atoms with Crippen molar-refractivity contribution in [3.63, 3.8) is 0 Å². The number of aliphatic hydroxyl groups excluding tert-OH is 1. The molecule has 6 heteroatoms. The summed E-state index contributed by atoms with van der Waals surface area (Å²) in [4.78, 5) is 13.0. The molecular formula is C8H16BNO4. The Morgan fingerprint density at radius 3 is 2.79 bits per heavy atom. The Balaban J connectivity index is 2.68. The predicted octanol–water partition coefficient (Wildman–Crippen LogP) is -0.905. The molecule has 1 rings (SSSR count). The van der Waals surface area contributed by atoms with E-state index in [1.165, 1.54) is 7.11 Å². The lowest BCUT2D eigenvalue weighted by molar-refractivity contribution is -0.148. The van der Waals surface area contributed by atoms with Crippen molar-refractivity contribution in [1.82, 2.24) is 4.81 Å². The fourth-order valence-corrected chi connectivity index (χ4v) is 1.78. The van der Waals surface area contributed by atoms with E-state index in [4.69, 9.17) is 0 Å². The van der Waals surface area contributed by atoms with Gasteiger partial charge >= 0.3 is 13.0 Å². The fourth-order valence-electron chi connectivity index (χ4n) is 1.78. The number of ether oxygens (including phenoxy) is 1. The maximum absolute atomic E-state index is 11.3. The Labute approximate surface area is 83.8 Å². The third-order valence-corrected chi connectivity index (χ3v) is 2.57. The number of rotatable bonds is 2. The molecule has 2 N–H and O–H groups in total. The average molecular weight is 201 g/mol. The van der Waals surface area contributed by atoms with Crippen LogP contribution in [0.5, 0.6) is 0 Å². The number of esters is 1. The number of aliphatic hydroxyl groups is 1. The lowest BCUT2D eigenvalue weighted by Gasteiger charge is -2.36. The zero-order chi connectivity index (χ0) is 10.7. The molecule has 0 radical (unpaired) electrons. The highest BCUT2D eigenvalue weighted by atomic mass is 16.5. The van der Waals surface area contributed by atoms with Crippen molar-refractivity contribution >= 4 is 13.0 Å². The van der Waals surface area contributed by atoms with Crippen LogP contribution in [-0.4, -0.2) is 53.8 Å². The quantitative estimate of drug-likeness (QED) is 0.447. The number of hydrogen-bond donors (Lipinski definition) is 2. The summed E-state index contributed by atoms with van der Waals surface area (Å²) in [7, 11) is 0.621. The minimum absolute atomic E-state index is 0.331. The van der Waals surface area contributed by atoms with Gasteiger partial charge in [-0.3, -0.25) is 4.79 Å². The minimum atomic E-state index is -0.688. The van der Waals surface area contributed by atoms with Crippen molar-refractivity contribution in [1.29, 1.82) is 0 Å². The molecule has 0 aromatic carbocycles. The van der Waals surface area contributed by atoms with Crippen LogP contribution in [0.3, 0.4) is 0 Å². The van der Waals surface area contributed by atoms with E-state index in [9.17, 15) is 14.9 Å². The highest BCUT2D eigenvalue weighted by molar-refractivity contribution is 6.45. The number of nitrogens with zero attached hydrogens (tertiary/aromatic N) is 1. The lowest BCUT2D eigenvalue weighted by Crippen LogP contribution is -2.54. The van der Waals surface area contributed by atoms with Gasteiger partial charge in [0.05, 0.1) is 13.2 Å². The maximum atomic E-state index is 11.3. The molecule has 80 valence electrons. The molecule has 0 amide bonds. The summed E-state index contributed by atoms with van der Waals surface area (Å²) in [6.07, 6.45) is 0.435. The summed E-state index contributed by atoms with van der Waals surface area (Å²) in [5.41, 5.74) is 0. The summed E-state index contributed by atoms with van der Waals surface area (Å²) in [5, 5.41) is 18.8. The number of carbonyl (C=O) groups excluding carboxylic acids is 1. The first-order valence-corrected chi connectivity index (χ1v) is 4.76. The molecule has 0 bridgehead atoms.